The van der Waals surface area contributed by atoms with Crippen molar-refractivity contribution in [2.75, 3.05) is 18.1 Å². The summed E-state index contributed by atoms with van der Waals surface area (Å²) in [6.45, 7) is 6.44. The molecule has 0 bridgehead atoms. The fraction of sp³-hybridized carbons (Fsp3) is 0.600. The first-order chi connectivity index (χ1) is 9.87. The summed E-state index contributed by atoms with van der Waals surface area (Å²) in [4.78, 5) is 5.91. The molecule has 1 spiro atoms. The highest BCUT2D eigenvalue weighted by Crippen LogP contribution is 2.49. The lowest BCUT2D eigenvalue weighted by atomic mass is 9.99. The molecule has 0 amide bonds. The van der Waals surface area contributed by atoms with E-state index in [0.29, 0.717) is 11.5 Å². The summed E-state index contributed by atoms with van der Waals surface area (Å²) in [5.74, 6) is 0.995. The van der Waals surface area contributed by atoms with Crippen LogP contribution in [0.1, 0.15) is 32.4 Å². The molecular formula is C15H21NO3S2. The van der Waals surface area contributed by atoms with Crippen molar-refractivity contribution in [1.82, 2.24) is 5.06 Å². The Balaban J connectivity index is 2.14. The molecule has 1 aromatic carbocycles. The van der Waals surface area contributed by atoms with Gasteiger partial charge < -0.3 is 0 Å². The van der Waals surface area contributed by atoms with E-state index in [2.05, 4.69) is 20.8 Å². The number of hydroxylamine groups is 2. The van der Waals surface area contributed by atoms with Gasteiger partial charge in [-0.1, -0.05) is 30.3 Å². The Morgan fingerprint density at radius 3 is 2.24 bits per heavy atom. The summed E-state index contributed by atoms with van der Waals surface area (Å²) in [7, 11) is -2.28. The molecule has 0 aliphatic carbocycles. The zero-order chi connectivity index (χ0) is 15.3. The molecule has 0 unspecified atom stereocenters. The lowest BCUT2D eigenvalue weighted by Gasteiger charge is -2.38. The Hall–Kier alpha value is -0.560. The maximum Gasteiger partial charge on any atom is 0.167 e. The van der Waals surface area contributed by atoms with E-state index in [4.69, 9.17) is 4.84 Å². The molecule has 3 atom stereocenters. The van der Waals surface area contributed by atoms with Crippen molar-refractivity contribution in [2.24, 2.45) is 0 Å². The van der Waals surface area contributed by atoms with Gasteiger partial charge in [-0.2, -0.15) is 5.06 Å². The molecule has 0 aromatic heterocycles. The fourth-order valence-corrected chi connectivity index (χ4v) is 7.64. The second-order valence-electron chi connectivity index (χ2n) is 6.49. The van der Waals surface area contributed by atoms with E-state index in [0.717, 1.165) is 5.56 Å². The molecule has 116 valence electrons. The highest BCUT2D eigenvalue weighted by Gasteiger charge is 2.62. The minimum Gasteiger partial charge on any atom is -0.295 e. The molecular weight excluding hydrogens is 306 g/mol. The Labute approximate surface area is 130 Å². The third kappa shape index (κ3) is 2.32. The molecule has 2 aliphatic heterocycles. The average molecular weight is 327 g/mol. The van der Waals surface area contributed by atoms with Crippen LogP contribution in [0.4, 0.5) is 0 Å². The Morgan fingerprint density at radius 1 is 1.14 bits per heavy atom. The van der Waals surface area contributed by atoms with Crippen LogP contribution < -0.4 is 0 Å². The van der Waals surface area contributed by atoms with Gasteiger partial charge in [-0.25, -0.2) is 0 Å². The highest BCUT2D eigenvalue weighted by molar-refractivity contribution is 8.07. The lowest BCUT2D eigenvalue weighted by molar-refractivity contribution is -0.189. The summed E-state index contributed by atoms with van der Waals surface area (Å²) in [6.07, 6.45) is 0. The molecule has 0 radical (unpaired) electrons. The summed E-state index contributed by atoms with van der Waals surface area (Å²) >= 11 is 0. The van der Waals surface area contributed by atoms with Crippen LogP contribution >= 0.6 is 0 Å². The SMILES string of the molecule is CC(C)(C)N1OCC2([C@H]1c1ccccc1)[S@@](=O)CC[S@@]2=O. The van der Waals surface area contributed by atoms with Gasteiger partial charge in [0.05, 0.1) is 12.6 Å². The maximum absolute atomic E-state index is 12.7. The van der Waals surface area contributed by atoms with Crippen LogP contribution in [0.5, 0.6) is 0 Å². The van der Waals surface area contributed by atoms with Crippen molar-refractivity contribution >= 4 is 21.6 Å². The minimum absolute atomic E-state index is 0.233. The molecule has 2 heterocycles. The van der Waals surface area contributed by atoms with Crippen molar-refractivity contribution in [1.29, 1.82) is 0 Å². The van der Waals surface area contributed by atoms with E-state index >= 15 is 0 Å². The third-order valence-corrected chi connectivity index (χ3v) is 8.80. The number of benzene rings is 1. The summed E-state index contributed by atoms with van der Waals surface area (Å²) < 4.78 is 24.6. The van der Waals surface area contributed by atoms with E-state index in [-0.39, 0.29) is 18.2 Å². The van der Waals surface area contributed by atoms with E-state index in [1.165, 1.54) is 0 Å². The normalized spacial score (nSPS) is 32.8. The predicted octanol–water partition coefficient (Wildman–Crippen LogP) is 1.98. The molecule has 0 saturated carbocycles. The van der Waals surface area contributed by atoms with Gasteiger partial charge in [0.1, 0.15) is 0 Å². The molecule has 3 rings (SSSR count). The van der Waals surface area contributed by atoms with Gasteiger partial charge in [0, 0.05) is 38.6 Å². The summed E-state index contributed by atoms with van der Waals surface area (Å²) in [6, 6.07) is 9.66. The van der Waals surface area contributed by atoms with Crippen LogP contribution in [0, 0.1) is 0 Å². The van der Waals surface area contributed by atoms with Crippen molar-refractivity contribution in [3.05, 3.63) is 35.9 Å². The number of nitrogens with zero attached hydrogens (tertiary/aromatic N) is 1. The van der Waals surface area contributed by atoms with E-state index in [1.54, 1.807) is 0 Å². The highest BCUT2D eigenvalue weighted by atomic mass is 32.3. The van der Waals surface area contributed by atoms with Crippen molar-refractivity contribution < 1.29 is 13.3 Å². The predicted molar refractivity (Wildman–Crippen MR) is 85.5 cm³/mol. The molecule has 2 aliphatic rings. The van der Waals surface area contributed by atoms with Gasteiger partial charge >= 0.3 is 0 Å². The zero-order valence-corrected chi connectivity index (χ0v) is 14.2. The number of hydrogen-bond donors (Lipinski definition) is 0. The van der Waals surface area contributed by atoms with Gasteiger partial charge in [-0.15, -0.1) is 0 Å². The molecule has 1 aromatic rings. The van der Waals surface area contributed by atoms with Crippen LogP contribution in [0.3, 0.4) is 0 Å². The van der Waals surface area contributed by atoms with Gasteiger partial charge in [-0.05, 0) is 26.3 Å². The number of rotatable bonds is 1. The first-order valence-corrected chi connectivity index (χ1v) is 9.75. The number of hydrogen-bond acceptors (Lipinski definition) is 4. The Bertz CT molecular complexity index is 566. The first kappa shape index (κ1) is 15.3. The lowest BCUT2D eigenvalue weighted by Crippen LogP contribution is -2.47. The average Bonchev–Trinajstić information content (AvgIpc) is 2.97. The van der Waals surface area contributed by atoms with Crippen LogP contribution in [-0.2, 0) is 26.4 Å². The van der Waals surface area contributed by atoms with Gasteiger partial charge in [0.25, 0.3) is 0 Å². The zero-order valence-electron chi connectivity index (χ0n) is 12.6. The smallest absolute Gasteiger partial charge is 0.167 e. The topological polar surface area (TPSA) is 46.6 Å². The molecule has 2 saturated heterocycles. The molecule has 0 N–H and O–H groups in total. The summed E-state index contributed by atoms with van der Waals surface area (Å²) in [5.41, 5.74) is 0.773. The van der Waals surface area contributed by atoms with Gasteiger partial charge in [0.2, 0.25) is 0 Å². The van der Waals surface area contributed by atoms with Crippen molar-refractivity contribution in [3.8, 4) is 0 Å². The van der Waals surface area contributed by atoms with Gasteiger partial charge in [0.15, 0.2) is 4.08 Å². The quantitative estimate of drug-likeness (QED) is 0.791. The molecule has 4 nitrogen and oxygen atoms in total. The van der Waals surface area contributed by atoms with Crippen LogP contribution in [0.15, 0.2) is 30.3 Å². The standard InChI is InChI=1S/C15H21NO3S2/c1-14(2,3)16-13(12-7-5-4-6-8-12)15(11-19-16)20(17)9-10-21(15)18/h4-8,13H,9-11H2,1-3H3/t13-,20+,21+/m1/s1. The third-order valence-electron chi connectivity index (χ3n) is 4.06. The van der Waals surface area contributed by atoms with Gasteiger partial charge in [-0.3, -0.25) is 13.3 Å². The molecule has 2 fully saturated rings. The second-order valence-corrected chi connectivity index (χ2v) is 10.4. The largest absolute Gasteiger partial charge is 0.295 e. The van der Waals surface area contributed by atoms with Crippen molar-refractivity contribution in [2.45, 2.75) is 36.4 Å². The minimum atomic E-state index is -1.14. The van der Waals surface area contributed by atoms with E-state index in [9.17, 15) is 8.42 Å². The van der Waals surface area contributed by atoms with E-state index < -0.39 is 25.7 Å². The van der Waals surface area contributed by atoms with Crippen LogP contribution in [0.25, 0.3) is 0 Å². The summed E-state index contributed by atoms with van der Waals surface area (Å²) in [5, 5.41) is 1.89. The van der Waals surface area contributed by atoms with Crippen LogP contribution in [-0.4, -0.2) is 41.2 Å². The second kappa shape index (κ2) is 5.26. The Kier molecular flexibility index (Phi) is 3.84. The van der Waals surface area contributed by atoms with Crippen molar-refractivity contribution in [3.63, 3.8) is 0 Å². The monoisotopic (exact) mass is 327 g/mol. The van der Waals surface area contributed by atoms with Crippen LogP contribution in [0.2, 0.25) is 0 Å². The van der Waals surface area contributed by atoms with E-state index in [1.807, 2.05) is 35.4 Å². The molecule has 6 heteroatoms. The molecule has 21 heavy (non-hydrogen) atoms. The Morgan fingerprint density at radius 2 is 1.71 bits per heavy atom. The fourth-order valence-electron chi connectivity index (χ4n) is 3.08. The first-order valence-electron chi connectivity index (χ1n) is 7.11. The maximum atomic E-state index is 12.7.